The van der Waals surface area contributed by atoms with Gasteiger partial charge >= 0.3 is 5.69 Å². The number of anilines is 1. The number of nitriles is 1. The number of rotatable bonds is 3. The Morgan fingerprint density at radius 2 is 2.40 bits per heavy atom. The van der Waals surface area contributed by atoms with Crippen molar-refractivity contribution < 1.29 is 4.92 Å². The molecule has 0 amide bonds. The number of hydrogen-bond acceptors (Lipinski definition) is 7. The number of likely N-dealkylation sites (N-methyl/N-ethyl adjacent to an activating group) is 1. The molecule has 2 heterocycles. The van der Waals surface area contributed by atoms with E-state index in [1.54, 1.807) is 0 Å². The van der Waals surface area contributed by atoms with Crippen molar-refractivity contribution in [2.45, 2.75) is 6.04 Å². The maximum absolute atomic E-state index is 11.2. The Morgan fingerprint density at radius 3 is 3.00 bits per heavy atom. The zero-order valence-corrected chi connectivity index (χ0v) is 11.2. The van der Waals surface area contributed by atoms with Gasteiger partial charge in [-0.1, -0.05) is 0 Å². The van der Waals surface area contributed by atoms with Crippen molar-refractivity contribution in [1.82, 2.24) is 9.88 Å². The van der Waals surface area contributed by atoms with Gasteiger partial charge in [0.15, 0.2) is 0 Å². The second kappa shape index (κ2) is 5.81. The quantitative estimate of drug-likeness (QED) is 0.607. The first-order valence-electron chi connectivity index (χ1n) is 6.27. The molecule has 0 spiro atoms. The molecule has 1 fully saturated rings. The van der Waals surface area contributed by atoms with Crippen LogP contribution in [0.1, 0.15) is 5.56 Å². The lowest BCUT2D eigenvalue weighted by atomic mass is 10.1. The maximum Gasteiger partial charge on any atom is 0.329 e. The molecule has 20 heavy (non-hydrogen) atoms. The molecule has 1 saturated heterocycles. The van der Waals surface area contributed by atoms with Gasteiger partial charge in [0, 0.05) is 32.4 Å². The lowest BCUT2D eigenvalue weighted by Crippen LogP contribution is -2.55. The van der Waals surface area contributed by atoms with Crippen molar-refractivity contribution in [2.24, 2.45) is 5.73 Å². The summed E-state index contributed by atoms with van der Waals surface area (Å²) in [6.07, 6.45) is 1.42. The minimum atomic E-state index is -0.549. The number of nitro groups is 1. The fourth-order valence-electron chi connectivity index (χ4n) is 2.41. The Bertz CT molecular complexity index is 555. The van der Waals surface area contributed by atoms with Gasteiger partial charge in [-0.2, -0.15) is 5.26 Å². The highest BCUT2D eigenvalue weighted by Gasteiger charge is 2.32. The molecule has 0 radical (unpaired) electrons. The van der Waals surface area contributed by atoms with Gasteiger partial charge in [-0.15, -0.1) is 0 Å². The number of nitrogens with zero attached hydrogens (tertiary/aromatic N) is 5. The van der Waals surface area contributed by atoms with Crippen LogP contribution in [-0.4, -0.2) is 54.1 Å². The van der Waals surface area contributed by atoms with Crippen molar-refractivity contribution in [3.63, 3.8) is 0 Å². The van der Waals surface area contributed by atoms with Gasteiger partial charge in [0.2, 0.25) is 5.82 Å². The summed E-state index contributed by atoms with van der Waals surface area (Å²) < 4.78 is 0. The van der Waals surface area contributed by atoms with E-state index in [4.69, 9.17) is 11.0 Å². The largest absolute Gasteiger partial charge is 0.344 e. The SMILES string of the molecule is CN1CCN(c2nccc(C#N)c2[N+](=O)[O-])C(CN)C1. The van der Waals surface area contributed by atoms with E-state index in [0.29, 0.717) is 19.6 Å². The molecular weight excluding hydrogens is 260 g/mol. The summed E-state index contributed by atoms with van der Waals surface area (Å²) in [4.78, 5) is 18.8. The highest BCUT2D eigenvalue weighted by molar-refractivity contribution is 5.66. The summed E-state index contributed by atoms with van der Waals surface area (Å²) in [6, 6.07) is 3.16. The monoisotopic (exact) mass is 276 g/mol. The van der Waals surface area contributed by atoms with E-state index in [0.717, 1.165) is 6.54 Å². The van der Waals surface area contributed by atoms with Gasteiger partial charge in [-0.25, -0.2) is 4.98 Å². The number of nitrogens with two attached hydrogens (primary N) is 1. The van der Waals surface area contributed by atoms with Crippen molar-refractivity contribution in [3.05, 3.63) is 27.9 Å². The van der Waals surface area contributed by atoms with E-state index >= 15 is 0 Å². The van der Waals surface area contributed by atoms with Gasteiger partial charge < -0.3 is 15.5 Å². The fourth-order valence-corrected chi connectivity index (χ4v) is 2.41. The third-order valence-electron chi connectivity index (χ3n) is 3.44. The van der Waals surface area contributed by atoms with Crippen LogP contribution in [0.2, 0.25) is 0 Å². The molecule has 0 saturated carbocycles. The molecule has 1 aliphatic heterocycles. The summed E-state index contributed by atoms with van der Waals surface area (Å²) in [5, 5.41) is 20.3. The highest BCUT2D eigenvalue weighted by Crippen LogP contribution is 2.31. The van der Waals surface area contributed by atoms with Crippen LogP contribution in [0.4, 0.5) is 11.5 Å². The average molecular weight is 276 g/mol. The predicted octanol–water partition coefficient (Wildman–Crippen LogP) is -0.0594. The van der Waals surface area contributed by atoms with E-state index < -0.39 is 4.92 Å². The van der Waals surface area contributed by atoms with E-state index in [1.165, 1.54) is 12.3 Å². The molecule has 2 rings (SSSR count). The summed E-state index contributed by atoms with van der Waals surface area (Å²) >= 11 is 0. The zero-order chi connectivity index (χ0) is 14.7. The van der Waals surface area contributed by atoms with E-state index in [1.807, 2.05) is 18.0 Å². The molecule has 0 bridgehead atoms. The fraction of sp³-hybridized carbons (Fsp3) is 0.500. The molecule has 1 aromatic heterocycles. The molecule has 1 aliphatic rings. The summed E-state index contributed by atoms with van der Waals surface area (Å²) in [5.41, 5.74) is 5.54. The van der Waals surface area contributed by atoms with Gasteiger partial charge in [-0.05, 0) is 13.1 Å². The van der Waals surface area contributed by atoms with Gasteiger partial charge in [0.1, 0.15) is 11.6 Å². The second-order valence-electron chi connectivity index (χ2n) is 4.74. The van der Waals surface area contributed by atoms with Gasteiger partial charge in [0.25, 0.3) is 0 Å². The van der Waals surface area contributed by atoms with Crippen molar-refractivity contribution in [3.8, 4) is 6.07 Å². The van der Waals surface area contributed by atoms with Crippen LogP contribution in [0.25, 0.3) is 0 Å². The van der Waals surface area contributed by atoms with E-state index in [2.05, 4.69) is 9.88 Å². The molecule has 8 nitrogen and oxygen atoms in total. The minimum absolute atomic E-state index is 0.0229. The maximum atomic E-state index is 11.2. The summed E-state index contributed by atoms with van der Waals surface area (Å²) in [5.74, 6) is 0.234. The predicted molar refractivity (Wildman–Crippen MR) is 73.3 cm³/mol. The number of aromatic nitrogens is 1. The van der Waals surface area contributed by atoms with Crippen LogP contribution in [-0.2, 0) is 0 Å². The number of hydrogen-bond donors (Lipinski definition) is 1. The van der Waals surface area contributed by atoms with Gasteiger partial charge in [0.05, 0.1) is 11.0 Å². The third-order valence-corrected chi connectivity index (χ3v) is 3.44. The van der Waals surface area contributed by atoms with E-state index in [9.17, 15) is 10.1 Å². The lowest BCUT2D eigenvalue weighted by Gasteiger charge is -2.39. The Kier molecular flexibility index (Phi) is 4.12. The number of piperazine rings is 1. The Labute approximate surface area is 116 Å². The second-order valence-corrected chi connectivity index (χ2v) is 4.74. The first-order chi connectivity index (χ1) is 9.58. The van der Waals surface area contributed by atoms with Crippen molar-refractivity contribution in [1.29, 1.82) is 5.26 Å². The normalized spacial score (nSPS) is 19.6. The number of pyridine rings is 1. The van der Waals surface area contributed by atoms with Gasteiger partial charge in [-0.3, -0.25) is 10.1 Å². The van der Waals surface area contributed by atoms with Crippen LogP contribution in [0.5, 0.6) is 0 Å². The first-order valence-corrected chi connectivity index (χ1v) is 6.27. The molecule has 106 valence electrons. The van der Waals surface area contributed by atoms with Crippen LogP contribution in [0.3, 0.4) is 0 Å². The molecule has 1 unspecified atom stereocenters. The highest BCUT2D eigenvalue weighted by atomic mass is 16.6. The third kappa shape index (κ3) is 2.54. The van der Waals surface area contributed by atoms with Crippen LogP contribution < -0.4 is 10.6 Å². The molecule has 1 aromatic rings. The zero-order valence-electron chi connectivity index (χ0n) is 11.2. The van der Waals surface area contributed by atoms with Crippen LogP contribution in [0.15, 0.2) is 12.3 Å². The molecule has 0 aromatic carbocycles. The Morgan fingerprint density at radius 1 is 1.65 bits per heavy atom. The standard InChI is InChI=1S/C12H16N6O2/c1-16-4-5-17(10(7-14)8-16)12-11(18(19)20)9(6-13)2-3-15-12/h2-3,10H,4-5,7-8,14H2,1H3. The topological polar surface area (TPSA) is 112 Å². The van der Waals surface area contributed by atoms with Crippen LogP contribution in [0, 0.1) is 21.4 Å². The van der Waals surface area contributed by atoms with Crippen molar-refractivity contribution in [2.75, 3.05) is 38.1 Å². The summed E-state index contributed by atoms with van der Waals surface area (Å²) in [7, 11) is 1.98. The summed E-state index contributed by atoms with van der Waals surface area (Å²) in [6.45, 7) is 2.46. The smallest absolute Gasteiger partial charge is 0.329 e. The van der Waals surface area contributed by atoms with Crippen molar-refractivity contribution >= 4 is 11.5 Å². The molecule has 8 heteroatoms. The lowest BCUT2D eigenvalue weighted by molar-refractivity contribution is -0.384. The molecular formula is C12H16N6O2. The molecule has 0 aliphatic carbocycles. The Balaban J connectivity index is 2.46. The van der Waals surface area contributed by atoms with E-state index in [-0.39, 0.29) is 23.1 Å². The van der Waals surface area contributed by atoms with Crippen LogP contribution >= 0.6 is 0 Å². The average Bonchev–Trinajstić information content (AvgIpc) is 2.46. The molecule has 1 atom stereocenters. The molecule has 2 N–H and O–H groups in total. The first kappa shape index (κ1) is 14.2. The Hall–Kier alpha value is -2.24. The minimum Gasteiger partial charge on any atom is -0.344 e.